The highest BCUT2D eigenvalue weighted by Gasteiger charge is 2.16. The first kappa shape index (κ1) is 27.7. The fraction of sp³-hybridized carbons (Fsp3) is 0. The molecule has 0 aliphatic heterocycles. The lowest BCUT2D eigenvalue weighted by Gasteiger charge is -2.14. The zero-order chi connectivity index (χ0) is 31.9. The van der Waals surface area contributed by atoms with Crippen LogP contribution in [0.3, 0.4) is 0 Å². The molecule has 5 nitrogen and oxygen atoms in total. The van der Waals surface area contributed by atoms with Gasteiger partial charge in [0.2, 0.25) is 0 Å². The van der Waals surface area contributed by atoms with Gasteiger partial charge >= 0.3 is 0 Å². The third-order valence-electron chi connectivity index (χ3n) is 8.78. The van der Waals surface area contributed by atoms with E-state index in [1.807, 2.05) is 60.7 Å². The van der Waals surface area contributed by atoms with Crippen LogP contribution >= 0.6 is 0 Å². The molecular formula is C43H27N5. The number of para-hydroxylation sites is 1. The van der Waals surface area contributed by atoms with Crippen LogP contribution in [0.4, 0.5) is 0 Å². The number of rotatable bonds is 5. The summed E-state index contributed by atoms with van der Waals surface area (Å²) in [5.41, 5.74) is 11.3. The third kappa shape index (κ3) is 4.95. The van der Waals surface area contributed by atoms with Crippen LogP contribution in [0.1, 0.15) is 0 Å². The Kier molecular flexibility index (Phi) is 6.72. The van der Waals surface area contributed by atoms with Crippen LogP contribution in [0.2, 0.25) is 0 Å². The molecule has 0 aliphatic rings. The van der Waals surface area contributed by atoms with Gasteiger partial charge in [-0.05, 0) is 77.2 Å². The van der Waals surface area contributed by atoms with Crippen molar-refractivity contribution in [3.63, 3.8) is 0 Å². The largest absolute Gasteiger partial charge is 0.255 e. The van der Waals surface area contributed by atoms with Gasteiger partial charge in [0, 0.05) is 39.7 Å². The molecule has 0 radical (unpaired) electrons. The van der Waals surface area contributed by atoms with Gasteiger partial charge in [-0.15, -0.1) is 0 Å². The van der Waals surface area contributed by atoms with Crippen LogP contribution in [0.15, 0.2) is 164 Å². The molecule has 0 fully saturated rings. The molecular weight excluding hydrogens is 587 g/mol. The number of pyridine rings is 5. The van der Waals surface area contributed by atoms with Gasteiger partial charge in [-0.2, -0.15) is 0 Å². The summed E-state index contributed by atoms with van der Waals surface area (Å²) in [6.45, 7) is 0. The highest BCUT2D eigenvalue weighted by atomic mass is 14.8. The second-order valence-electron chi connectivity index (χ2n) is 11.7. The predicted octanol–water partition coefficient (Wildman–Crippen LogP) is 10.5. The molecule has 0 amide bonds. The maximum atomic E-state index is 5.26. The molecule has 224 valence electrons. The number of nitrogens with zero attached hydrogens (tertiary/aromatic N) is 5. The Morgan fingerprint density at radius 2 is 0.938 bits per heavy atom. The van der Waals surface area contributed by atoms with Gasteiger partial charge in [0.25, 0.3) is 0 Å². The molecule has 0 aliphatic carbocycles. The van der Waals surface area contributed by atoms with Gasteiger partial charge in [0.15, 0.2) is 0 Å². The molecule has 0 saturated heterocycles. The molecule has 0 N–H and O–H groups in total. The zero-order valence-corrected chi connectivity index (χ0v) is 25.8. The van der Waals surface area contributed by atoms with Crippen LogP contribution in [0.25, 0.3) is 89.0 Å². The lowest BCUT2D eigenvalue weighted by molar-refractivity contribution is 1.22. The zero-order valence-electron chi connectivity index (χ0n) is 25.8. The van der Waals surface area contributed by atoms with Gasteiger partial charge in [0.1, 0.15) is 0 Å². The molecule has 9 aromatic rings. The number of aromatic nitrogens is 5. The molecule has 0 saturated carbocycles. The first-order valence-corrected chi connectivity index (χ1v) is 15.9. The summed E-state index contributed by atoms with van der Waals surface area (Å²) in [6, 6.07) is 51.9. The molecule has 5 heteroatoms. The van der Waals surface area contributed by atoms with Gasteiger partial charge in [-0.25, -0.2) is 15.0 Å². The highest BCUT2D eigenvalue weighted by molar-refractivity contribution is 6.20. The minimum absolute atomic E-state index is 0.800. The normalized spacial score (nSPS) is 11.3. The lowest BCUT2D eigenvalue weighted by Crippen LogP contribution is -1.94. The minimum Gasteiger partial charge on any atom is -0.255 e. The third-order valence-corrected chi connectivity index (χ3v) is 8.78. The molecule has 4 aromatic carbocycles. The fourth-order valence-corrected chi connectivity index (χ4v) is 6.45. The summed E-state index contributed by atoms with van der Waals surface area (Å²) < 4.78 is 0. The van der Waals surface area contributed by atoms with Crippen molar-refractivity contribution in [3.05, 3.63) is 164 Å². The van der Waals surface area contributed by atoms with Crippen LogP contribution in [-0.4, -0.2) is 24.9 Å². The van der Waals surface area contributed by atoms with E-state index in [1.165, 1.54) is 0 Å². The molecule has 0 atom stereocenters. The van der Waals surface area contributed by atoms with Gasteiger partial charge in [-0.3, -0.25) is 9.97 Å². The second-order valence-corrected chi connectivity index (χ2v) is 11.7. The molecule has 48 heavy (non-hydrogen) atoms. The van der Waals surface area contributed by atoms with E-state index < -0.39 is 0 Å². The van der Waals surface area contributed by atoms with Crippen molar-refractivity contribution in [2.75, 3.05) is 0 Å². The second kappa shape index (κ2) is 11.6. The van der Waals surface area contributed by atoms with Crippen molar-refractivity contribution in [3.8, 4) is 56.4 Å². The topological polar surface area (TPSA) is 64.5 Å². The Hall–Kier alpha value is -6.59. The fourth-order valence-electron chi connectivity index (χ4n) is 6.45. The van der Waals surface area contributed by atoms with Crippen molar-refractivity contribution < 1.29 is 0 Å². The Balaban J connectivity index is 1.20. The molecule has 0 unspecified atom stereocenters. The predicted molar refractivity (Wildman–Crippen MR) is 195 cm³/mol. The van der Waals surface area contributed by atoms with Gasteiger partial charge < -0.3 is 0 Å². The average molecular weight is 614 g/mol. The van der Waals surface area contributed by atoms with E-state index in [2.05, 4.69) is 101 Å². The number of fused-ring (bicyclic) bond motifs is 5. The quantitative estimate of drug-likeness (QED) is 0.181. The summed E-state index contributed by atoms with van der Waals surface area (Å²) in [6.07, 6.45) is 3.59. The Morgan fingerprint density at radius 1 is 0.312 bits per heavy atom. The number of benzene rings is 4. The summed E-state index contributed by atoms with van der Waals surface area (Å²) in [5, 5.41) is 4.47. The Bertz CT molecular complexity index is 2530. The van der Waals surface area contributed by atoms with E-state index in [-0.39, 0.29) is 0 Å². The smallest absolute Gasteiger partial charge is 0.0900 e. The number of hydrogen-bond donors (Lipinski definition) is 0. The average Bonchev–Trinajstić information content (AvgIpc) is 3.18. The molecule has 0 bridgehead atoms. The van der Waals surface area contributed by atoms with Crippen LogP contribution in [0, 0.1) is 0 Å². The van der Waals surface area contributed by atoms with E-state index in [4.69, 9.17) is 15.0 Å². The van der Waals surface area contributed by atoms with Crippen LogP contribution in [0.5, 0.6) is 0 Å². The van der Waals surface area contributed by atoms with Crippen molar-refractivity contribution in [1.82, 2.24) is 24.9 Å². The minimum atomic E-state index is 0.800. The summed E-state index contributed by atoms with van der Waals surface area (Å²) in [5.74, 6) is 0. The number of hydrogen-bond acceptors (Lipinski definition) is 5. The summed E-state index contributed by atoms with van der Waals surface area (Å²) in [4.78, 5) is 24.4. The van der Waals surface area contributed by atoms with Gasteiger partial charge in [-0.1, -0.05) is 91.0 Å². The first-order valence-electron chi connectivity index (χ1n) is 15.9. The molecule has 5 aromatic heterocycles. The molecule has 5 heterocycles. The van der Waals surface area contributed by atoms with Crippen molar-refractivity contribution in [2.45, 2.75) is 0 Å². The van der Waals surface area contributed by atoms with Crippen LogP contribution < -0.4 is 0 Å². The van der Waals surface area contributed by atoms with Crippen molar-refractivity contribution in [2.24, 2.45) is 0 Å². The molecule has 0 spiro atoms. The van der Waals surface area contributed by atoms with E-state index >= 15 is 0 Å². The summed E-state index contributed by atoms with van der Waals surface area (Å²) >= 11 is 0. The lowest BCUT2D eigenvalue weighted by atomic mass is 9.95. The van der Waals surface area contributed by atoms with E-state index in [0.29, 0.717) is 0 Å². The van der Waals surface area contributed by atoms with E-state index in [9.17, 15) is 0 Å². The van der Waals surface area contributed by atoms with Crippen molar-refractivity contribution >= 4 is 32.6 Å². The van der Waals surface area contributed by atoms with Crippen LogP contribution in [-0.2, 0) is 0 Å². The monoisotopic (exact) mass is 613 g/mol. The summed E-state index contributed by atoms with van der Waals surface area (Å²) in [7, 11) is 0. The molecule has 9 rings (SSSR count). The maximum Gasteiger partial charge on any atom is 0.0900 e. The Morgan fingerprint density at radius 3 is 1.65 bits per heavy atom. The van der Waals surface area contributed by atoms with E-state index in [0.717, 1.165) is 89.0 Å². The first-order chi connectivity index (χ1) is 23.8. The standard InChI is InChI=1S/C43H27N5/c1-2-10-29(11-3-1)35-22-21-34-37(46-35)23-20-33-32-12-4-5-13-36(32)48-43(42(33)34)30-18-16-28(17-19-30)31-26-40(38-14-6-8-24-44-38)47-41(27-31)39-15-7-9-25-45-39/h1-27H. The highest BCUT2D eigenvalue weighted by Crippen LogP contribution is 2.38. The van der Waals surface area contributed by atoms with Gasteiger partial charge in [0.05, 0.1) is 45.2 Å². The maximum absolute atomic E-state index is 5.26. The Labute approximate surface area is 277 Å². The van der Waals surface area contributed by atoms with Crippen molar-refractivity contribution in [1.29, 1.82) is 0 Å². The SMILES string of the molecule is c1ccc(-c2ccc3c(ccc4c5ccccc5nc(-c5ccc(-c6cc(-c7ccccn7)nc(-c7ccccn7)c6)cc5)c34)n2)cc1. The van der Waals surface area contributed by atoms with E-state index in [1.54, 1.807) is 12.4 Å².